The first-order valence-corrected chi connectivity index (χ1v) is 5.96. The molecule has 2 unspecified atom stereocenters. The fraction of sp³-hybridized carbons (Fsp3) is 0.909. The van der Waals surface area contributed by atoms with Gasteiger partial charge in [-0.1, -0.05) is 0 Å². The summed E-state index contributed by atoms with van der Waals surface area (Å²) in [6.07, 6.45) is -0.197. The second kappa shape index (κ2) is 5.08. The lowest BCUT2D eigenvalue weighted by Crippen LogP contribution is -2.45. The molecule has 1 N–H and O–H groups in total. The number of amides is 1. The Labute approximate surface area is 94.2 Å². The highest BCUT2D eigenvalue weighted by Gasteiger charge is 2.33. The van der Waals surface area contributed by atoms with Crippen LogP contribution in [0.1, 0.15) is 19.3 Å². The van der Waals surface area contributed by atoms with E-state index in [1.807, 2.05) is 0 Å². The van der Waals surface area contributed by atoms with Gasteiger partial charge >= 0.3 is 0 Å². The molecule has 2 aliphatic heterocycles. The Morgan fingerprint density at radius 3 is 2.81 bits per heavy atom. The molecule has 0 saturated carbocycles. The van der Waals surface area contributed by atoms with Crippen molar-refractivity contribution in [3.8, 4) is 0 Å². The molecule has 2 saturated heterocycles. The van der Waals surface area contributed by atoms with Crippen LogP contribution in [-0.2, 0) is 4.79 Å². The van der Waals surface area contributed by atoms with E-state index in [0.29, 0.717) is 25.9 Å². The molecule has 5 heteroatoms. The summed E-state index contributed by atoms with van der Waals surface area (Å²) in [7, 11) is 0. The summed E-state index contributed by atoms with van der Waals surface area (Å²) in [5.74, 6) is -0.543. The van der Waals surface area contributed by atoms with Gasteiger partial charge in [0.15, 0.2) is 0 Å². The van der Waals surface area contributed by atoms with Crippen LogP contribution in [0, 0.1) is 11.8 Å². The molecule has 2 heterocycles. The predicted octanol–water partition coefficient (Wildman–Crippen LogP) is 1.10. The first-order chi connectivity index (χ1) is 7.68. The van der Waals surface area contributed by atoms with Gasteiger partial charge in [-0.05, 0) is 25.8 Å². The van der Waals surface area contributed by atoms with Gasteiger partial charge in [0.05, 0.1) is 5.92 Å². The number of piperidine rings is 1. The highest BCUT2D eigenvalue weighted by atomic mass is 19.3. The van der Waals surface area contributed by atoms with Crippen molar-refractivity contribution < 1.29 is 13.6 Å². The summed E-state index contributed by atoms with van der Waals surface area (Å²) in [5.41, 5.74) is 0. The fourth-order valence-electron chi connectivity index (χ4n) is 2.54. The molecule has 16 heavy (non-hydrogen) atoms. The topological polar surface area (TPSA) is 32.3 Å². The molecule has 0 spiro atoms. The molecular weight excluding hydrogens is 214 g/mol. The molecule has 2 atom stereocenters. The Morgan fingerprint density at radius 2 is 2.19 bits per heavy atom. The maximum absolute atomic E-state index is 12.6. The Kier molecular flexibility index (Phi) is 3.74. The summed E-state index contributed by atoms with van der Waals surface area (Å²) in [6.45, 7) is 2.46. The number of carbonyl (C=O) groups is 1. The van der Waals surface area contributed by atoms with E-state index in [9.17, 15) is 13.6 Å². The SMILES string of the molecule is O=C(C1CCNC1)N1CCCC(C(F)F)C1. The Morgan fingerprint density at radius 1 is 1.38 bits per heavy atom. The van der Waals surface area contributed by atoms with Crippen molar-refractivity contribution in [3.63, 3.8) is 0 Å². The van der Waals surface area contributed by atoms with Gasteiger partial charge in [-0.3, -0.25) is 4.79 Å². The lowest BCUT2D eigenvalue weighted by molar-refractivity contribution is -0.138. The van der Waals surface area contributed by atoms with Crippen LogP contribution in [0.3, 0.4) is 0 Å². The molecular formula is C11H18F2N2O. The Balaban J connectivity index is 1.90. The van der Waals surface area contributed by atoms with Gasteiger partial charge in [0, 0.05) is 25.6 Å². The summed E-state index contributed by atoms with van der Waals surface area (Å²) < 4.78 is 25.2. The quantitative estimate of drug-likeness (QED) is 0.773. The standard InChI is InChI=1S/C11H18F2N2O/c12-10(13)9-2-1-5-15(7-9)11(16)8-3-4-14-6-8/h8-10,14H,1-7H2. The Hall–Kier alpha value is -0.710. The van der Waals surface area contributed by atoms with Crippen molar-refractivity contribution in [3.05, 3.63) is 0 Å². The van der Waals surface area contributed by atoms with E-state index in [1.54, 1.807) is 4.90 Å². The molecule has 0 aromatic carbocycles. The molecule has 0 bridgehead atoms. The minimum Gasteiger partial charge on any atom is -0.342 e. The maximum Gasteiger partial charge on any atom is 0.243 e. The molecule has 0 aliphatic carbocycles. The molecule has 0 aromatic heterocycles. The smallest absolute Gasteiger partial charge is 0.243 e. The highest BCUT2D eigenvalue weighted by Crippen LogP contribution is 2.24. The van der Waals surface area contributed by atoms with Crippen LogP contribution in [0.5, 0.6) is 0 Å². The van der Waals surface area contributed by atoms with E-state index in [4.69, 9.17) is 0 Å². The highest BCUT2D eigenvalue weighted by molar-refractivity contribution is 5.79. The summed E-state index contributed by atoms with van der Waals surface area (Å²) in [4.78, 5) is 13.6. The van der Waals surface area contributed by atoms with E-state index >= 15 is 0 Å². The van der Waals surface area contributed by atoms with Crippen molar-refractivity contribution in [2.24, 2.45) is 11.8 Å². The molecule has 2 rings (SSSR count). The first-order valence-electron chi connectivity index (χ1n) is 5.96. The van der Waals surface area contributed by atoms with Crippen molar-refractivity contribution >= 4 is 5.91 Å². The zero-order valence-corrected chi connectivity index (χ0v) is 9.29. The zero-order chi connectivity index (χ0) is 11.5. The lowest BCUT2D eigenvalue weighted by atomic mass is 9.96. The second-order valence-corrected chi connectivity index (χ2v) is 4.71. The number of likely N-dealkylation sites (tertiary alicyclic amines) is 1. The molecule has 3 nitrogen and oxygen atoms in total. The van der Waals surface area contributed by atoms with Crippen LogP contribution >= 0.6 is 0 Å². The number of carbonyl (C=O) groups excluding carboxylic acids is 1. The number of alkyl halides is 2. The minimum absolute atomic E-state index is 0.0106. The molecule has 1 amide bonds. The van der Waals surface area contributed by atoms with Crippen LogP contribution in [0.4, 0.5) is 8.78 Å². The zero-order valence-electron chi connectivity index (χ0n) is 9.29. The van der Waals surface area contributed by atoms with Crippen LogP contribution in [0.2, 0.25) is 0 Å². The van der Waals surface area contributed by atoms with Crippen molar-refractivity contribution in [1.29, 1.82) is 0 Å². The molecule has 2 fully saturated rings. The summed E-state index contributed by atoms with van der Waals surface area (Å²) >= 11 is 0. The largest absolute Gasteiger partial charge is 0.342 e. The van der Waals surface area contributed by atoms with Crippen molar-refractivity contribution in [2.45, 2.75) is 25.7 Å². The molecule has 0 aromatic rings. The predicted molar refractivity (Wildman–Crippen MR) is 56.3 cm³/mol. The van der Waals surface area contributed by atoms with Crippen molar-refractivity contribution in [2.75, 3.05) is 26.2 Å². The lowest BCUT2D eigenvalue weighted by Gasteiger charge is -2.33. The number of nitrogens with zero attached hydrogens (tertiary/aromatic N) is 1. The number of nitrogens with one attached hydrogen (secondary N) is 1. The van der Waals surface area contributed by atoms with Crippen LogP contribution in [0.25, 0.3) is 0 Å². The van der Waals surface area contributed by atoms with Gasteiger partial charge in [-0.15, -0.1) is 0 Å². The average Bonchev–Trinajstić information content (AvgIpc) is 2.81. The van der Waals surface area contributed by atoms with E-state index in [0.717, 1.165) is 13.0 Å². The van der Waals surface area contributed by atoms with Gasteiger partial charge in [0.1, 0.15) is 0 Å². The van der Waals surface area contributed by atoms with E-state index < -0.39 is 12.3 Å². The third-order valence-electron chi connectivity index (χ3n) is 3.54. The number of hydrogen-bond acceptors (Lipinski definition) is 2. The molecule has 0 radical (unpaired) electrons. The van der Waals surface area contributed by atoms with Gasteiger partial charge in [0.2, 0.25) is 12.3 Å². The van der Waals surface area contributed by atoms with Crippen LogP contribution in [-0.4, -0.2) is 43.4 Å². The van der Waals surface area contributed by atoms with Gasteiger partial charge in [0.25, 0.3) is 0 Å². The van der Waals surface area contributed by atoms with Crippen LogP contribution < -0.4 is 5.32 Å². The summed E-state index contributed by atoms with van der Waals surface area (Å²) in [6, 6.07) is 0. The second-order valence-electron chi connectivity index (χ2n) is 4.71. The van der Waals surface area contributed by atoms with E-state index in [2.05, 4.69) is 5.32 Å². The van der Waals surface area contributed by atoms with Gasteiger partial charge in [-0.2, -0.15) is 0 Å². The van der Waals surface area contributed by atoms with Gasteiger partial charge < -0.3 is 10.2 Å². The molecule has 2 aliphatic rings. The summed E-state index contributed by atoms with van der Waals surface area (Å²) in [5, 5.41) is 3.13. The Bertz CT molecular complexity index is 254. The minimum atomic E-state index is -2.29. The number of hydrogen-bond donors (Lipinski definition) is 1. The first kappa shape index (κ1) is 11.8. The average molecular weight is 232 g/mol. The maximum atomic E-state index is 12.6. The van der Waals surface area contributed by atoms with E-state index in [1.165, 1.54) is 0 Å². The van der Waals surface area contributed by atoms with Crippen LogP contribution in [0.15, 0.2) is 0 Å². The fourth-order valence-corrected chi connectivity index (χ4v) is 2.54. The number of halogens is 2. The third-order valence-corrected chi connectivity index (χ3v) is 3.54. The van der Waals surface area contributed by atoms with E-state index in [-0.39, 0.29) is 18.4 Å². The normalized spacial score (nSPS) is 31.1. The van der Waals surface area contributed by atoms with Crippen molar-refractivity contribution in [1.82, 2.24) is 10.2 Å². The number of rotatable bonds is 2. The van der Waals surface area contributed by atoms with Gasteiger partial charge in [-0.25, -0.2) is 8.78 Å². The third kappa shape index (κ3) is 2.51. The molecule has 92 valence electrons. The monoisotopic (exact) mass is 232 g/mol.